The summed E-state index contributed by atoms with van der Waals surface area (Å²) in [7, 11) is 0. The van der Waals surface area contributed by atoms with Crippen molar-refractivity contribution in [3.05, 3.63) is 5.73 Å². The zero-order chi connectivity index (χ0) is 9.61. The van der Waals surface area contributed by atoms with Crippen LogP contribution in [-0.2, 0) is 4.79 Å². The number of hydrogen-bond acceptors (Lipinski definition) is 1. The zero-order valence-corrected chi connectivity index (χ0v) is 8.24. The molecule has 0 spiro atoms. The molecule has 0 saturated heterocycles. The highest BCUT2D eigenvalue weighted by molar-refractivity contribution is 5.79. The summed E-state index contributed by atoms with van der Waals surface area (Å²) >= 11 is 0. The molecule has 0 aromatic rings. The van der Waals surface area contributed by atoms with Gasteiger partial charge in [-0.05, 0) is 18.3 Å². The molecular formula is C9H19N2O-. The van der Waals surface area contributed by atoms with Crippen LogP contribution in [-0.4, -0.2) is 19.0 Å². The molecule has 0 aliphatic rings. The maximum Gasteiger partial charge on any atom is 0.199 e. The van der Waals surface area contributed by atoms with Gasteiger partial charge in [-0.2, -0.15) is 0 Å². The average Bonchev–Trinajstić information content (AvgIpc) is 1.96. The molecule has 0 atom stereocenters. The smallest absolute Gasteiger partial charge is 0.199 e. The SMILES string of the molecule is CC(C)(C)CCCNC(=O)C[NH-]. The normalized spacial score (nSPS) is 11.3. The maximum atomic E-state index is 10.6. The van der Waals surface area contributed by atoms with E-state index in [0.29, 0.717) is 12.0 Å². The molecule has 0 saturated carbocycles. The fourth-order valence-corrected chi connectivity index (χ4v) is 0.909. The summed E-state index contributed by atoms with van der Waals surface area (Å²) in [5.74, 6) is -0.177. The lowest BCUT2D eigenvalue weighted by atomic mass is 9.91. The fourth-order valence-electron chi connectivity index (χ4n) is 0.909. The van der Waals surface area contributed by atoms with Gasteiger partial charge < -0.3 is 11.1 Å². The van der Waals surface area contributed by atoms with Crippen molar-refractivity contribution in [3.8, 4) is 0 Å². The molecule has 0 aliphatic carbocycles. The van der Waals surface area contributed by atoms with Crippen molar-refractivity contribution in [2.24, 2.45) is 5.41 Å². The molecule has 12 heavy (non-hydrogen) atoms. The summed E-state index contributed by atoms with van der Waals surface area (Å²) in [6, 6.07) is 0. The molecule has 0 aromatic heterocycles. The van der Waals surface area contributed by atoms with Crippen LogP contribution in [0.25, 0.3) is 5.73 Å². The van der Waals surface area contributed by atoms with E-state index in [1.807, 2.05) is 0 Å². The quantitative estimate of drug-likeness (QED) is 0.646. The second kappa shape index (κ2) is 5.14. The highest BCUT2D eigenvalue weighted by atomic mass is 16.1. The first kappa shape index (κ1) is 11.4. The Balaban J connectivity index is 3.28. The van der Waals surface area contributed by atoms with Crippen LogP contribution in [0, 0.1) is 5.41 Å². The van der Waals surface area contributed by atoms with E-state index >= 15 is 0 Å². The molecule has 2 N–H and O–H groups in total. The number of carbonyl (C=O) groups excluding carboxylic acids is 1. The Morgan fingerprint density at radius 1 is 1.42 bits per heavy atom. The molecule has 3 nitrogen and oxygen atoms in total. The Bertz CT molecular complexity index is 138. The van der Waals surface area contributed by atoms with Gasteiger partial charge in [-0.25, -0.2) is 0 Å². The number of hydrogen-bond donors (Lipinski definition) is 1. The molecule has 0 aliphatic heterocycles. The monoisotopic (exact) mass is 171 g/mol. The molecule has 0 heterocycles. The Morgan fingerprint density at radius 2 is 2.00 bits per heavy atom. The van der Waals surface area contributed by atoms with Crippen LogP contribution in [0.4, 0.5) is 0 Å². The Hall–Kier alpha value is -0.570. The lowest BCUT2D eigenvalue weighted by Gasteiger charge is -2.17. The van der Waals surface area contributed by atoms with Gasteiger partial charge >= 0.3 is 0 Å². The topological polar surface area (TPSA) is 52.9 Å². The van der Waals surface area contributed by atoms with Crippen LogP contribution < -0.4 is 5.32 Å². The second-order valence-corrected chi connectivity index (χ2v) is 4.19. The van der Waals surface area contributed by atoms with Gasteiger partial charge in [0, 0.05) is 6.54 Å². The molecule has 0 fully saturated rings. The standard InChI is InChI=1S/C9H19N2O/c1-9(2,3)5-4-6-11-8(12)7-10/h10H,4-7H2,1-3H3,(H,11,12)/q-1. The van der Waals surface area contributed by atoms with Crippen molar-refractivity contribution in [2.45, 2.75) is 33.6 Å². The lowest BCUT2D eigenvalue weighted by Crippen LogP contribution is -2.26. The molecular weight excluding hydrogens is 152 g/mol. The van der Waals surface area contributed by atoms with Crippen molar-refractivity contribution >= 4 is 5.91 Å². The van der Waals surface area contributed by atoms with Crippen molar-refractivity contribution in [2.75, 3.05) is 13.1 Å². The number of carbonyl (C=O) groups is 1. The lowest BCUT2D eigenvalue weighted by molar-refractivity contribution is -0.119. The Labute approximate surface area is 74.7 Å². The summed E-state index contributed by atoms with van der Waals surface area (Å²) in [5.41, 5.74) is 7.09. The van der Waals surface area contributed by atoms with Crippen molar-refractivity contribution in [1.29, 1.82) is 0 Å². The van der Waals surface area contributed by atoms with E-state index < -0.39 is 0 Å². The third-order valence-electron chi connectivity index (χ3n) is 1.59. The van der Waals surface area contributed by atoms with Gasteiger partial charge in [-0.3, -0.25) is 4.79 Å². The first-order chi connectivity index (χ1) is 5.45. The predicted octanol–water partition coefficient (Wildman–Crippen LogP) is 1.98. The first-order valence-electron chi connectivity index (χ1n) is 4.37. The molecule has 0 rings (SSSR count). The van der Waals surface area contributed by atoms with Crippen LogP contribution in [0.5, 0.6) is 0 Å². The molecule has 0 bridgehead atoms. The predicted molar refractivity (Wildman–Crippen MR) is 50.9 cm³/mol. The second-order valence-electron chi connectivity index (χ2n) is 4.19. The van der Waals surface area contributed by atoms with E-state index in [-0.39, 0.29) is 12.5 Å². The fraction of sp³-hybridized carbons (Fsp3) is 0.889. The van der Waals surface area contributed by atoms with Crippen LogP contribution in [0.1, 0.15) is 33.6 Å². The molecule has 0 aromatic carbocycles. The van der Waals surface area contributed by atoms with Gasteiger partial charge in [0.25, 0.3) is 0 Å². The van der Waals surface area contributed by atoms with Gasteiger partial charge in [0.2, 0.25) is 0 Å². The molecule has 0 unspecified atom stereocenters. The van der Waals surface area contributed by atoms with E-state index in [1.165, 1.54) is 0 Å². The third kappa shape index (κ3) is 7.54. The van der Waals surface area contributed by atoms with E-state index in [2.05, 4.69) is 26.1 Å². The number of rotatable bonds is 4. The molecule has 72 valence electrons. The van der Waals surface area contributed by atoms with E-state index in [0.717, 1.165) is 12.8 Å². The summed E-state index contributed by atoms with van der Waals surface area (Å²) in [6.45, 7) is 7.09. The summed E-state index contributed by atoms with van der Waals surface area (Å²) < 4.78 is 0. The average molecular weight is 171 g/mol. The highest BCUT2D eigenvalue weighted by Gasteiger charge is 2.08. The third-order valence-corrected chi connectivity index (χ3v) is 1.59. The van der Waals surface area contributed by atoms with Crippen LogP contribution in [0.15, 0.2) is 0 Å². The maximum absolute atomic E-state index is 10.6. The largest absolute Gasteiger partial charge is 0.670 e. The van der Waals surface area contributed by atoms with Crippen molar-refractivity contribution in [3.63, 3.8) is 0 Å². The van der Waals surface area contributed by atoms with Gasteiger partial charge in [0.1, 0.15) is 0 Å². The van der Waals surface area contributed by atoms with Crippen LogP contribution in [0.2, 0.25) is 0 Å². The van der Waals surface area contributed by atoms with Gasteiger partial charge in [0.15, 0.2) is 5.91 Å². The Morgan fingerprint density at radius 3 is 2.42 bits per heavy atom. The number of nitrogens with one attached hydrogen (secondary N) is 2. The molecule has 0 radical (unpaired) electrons. The van der Waals surface area contributed by atoms with Gasteiger partial charge in [-0.15, -0.1) is 0 Å². The highest BCUT2D eigenvalue weighted by Crippen LogP contribution is 2.19. The zero-order valence-electron chi connectivity index (χ0n) is 8.24. The van der Waals surface area contributed by atoms with Gasteiger partial charge in [-0.1, -0.05) is 27.3 Å². The number of amides is 1. The van der Waals surface area contributed by atoms with Crippen LogP contribution in [0.3, 0.4) is 0 Å². The van der Waals surface area contributed by atoms with E-state index in [4.69, 9.17) is 5.73 Å². The Kier molecular flexibility index (Phi) is 4.90. The minimum absolute atomic E-state index is 0.157. The van der Waals surface area contributed by atoms with Crippen LogP contribution >= 0.6 is 0 Å². The summed E-state index contributed by atoms with van der Waals surface area (Å²) in [5, 5.41) is 2.68. The molecule has 3 heteroatoms. The van der Waals surface area contributed by atoms with E-state index in [1.54, 1.807) is 0 Å². The summed E-state index contributed by atoms with van der Waals surface area (Å²) in [4.78, 5) is 10.6. The summed E-state index contributed by atoms with van der Waals surface area (Å²) in [6.07, 6.45) is 2.10. The van der Waals surface area contributed by atoms with Crippen molar-refractivity contribution in [1.82, 2.24) is 5.32 Å². The van der Waals surface area contributed by atoms with E-state index in [9.17, 15) is 4.79 Å². The first-order valence-corrected chi connectivity index (χ1v) is 4.37. The minimum Gasteiger partial charge on any atom is -0.670 e. The van der Waals surface area contributed by atoms with Crippen molar-refractivity contribution < 1.29 is 4.79 Å². The minimum atomic E-state index is -0.177. The molecule has 1 amide bonds. The van der Waals surface area contributed by atoms with Gasteiger partial charge in [0.05, 0.1) is 0 Å².